The van der Waals surface area contributed by atoms with Crippen LogP contribution in [0.2, 0.25) is 5.02 Å². The molecule has 3 rings (SSSR count). The molecule has 110 valence electrons. The highest BCUT2D eigenvalue weighted by molar-refractivity contribution is 7.10. The summed E-state index contributed by atoms with van der Waals surface area (Å²) in [4.78, 5) is 3.80. The largest absolute Gasteiger partial charge is 0.409 e. The van der Waals surface area contributed by atoms with Gasteiger partial charge in [0.1, 0.15) is 0 Å². The Morgan fingerprint density at radius 1 is 1.48 bits per heavy atom. The number of hydrogen-bond acceptors (Lipinski definition) is 4. The smallest absolute Gasteiger partial charge is 0.171 e. The van der Waals surface area contributed by atoms with Gasteiger partial charge in [-0.05, 0) is 48.6 Å². The topological polar surface area (TPSA) is 61.8 Å². The molecule has 4 nitrogen and oxygen atoms in total. The molecule has 3 N–H and O–H groups in total. The fourth-order valence-corrected chi connectivity index (χ4v) is 4.04. The van der Waals surface area contributed by atoms with Gasteiger partial charge in [-0.25, -0.2) is 0 Å². The number of anilines is 1. The number of oxime groups is 1. The zero-order chi connectivity index (χ0) is 15.0. The number of hydrogen-bond donors (Lipinski definition) is 2. The summed E-state index contributed by atoms with van der Waals surface area (Å²) in [5.41, 5.74) is 8.59. The maximum atomic E-state index is 8.75. The van der Waals surface area contributed by atoms with Crippen molar-refractivity contribution in [3.05, 3.63) is 50.7 Å². The number of fused-ring (bicyclic) bond motifs is 1. The predicted molar refractivity (Wildman–Crippen MR) is 87.7 cm³/mol. The van der Waals surface area contributed by atoms with Gasteiger partial charge in [0.15, 0.2) is 5.84 Å². The SMILES string of the molecule is CC1c2ccsc2CCN1c1ccc(C(N)=NO)c(Cl)c1. The van der Waals surface area contributed by atoms with Crippen LogP contribution in [0.3, 0.4) is 0 Å². The number of nitrogens with zero attached hydrogens (tertiary/aromatic N) is 2. The Morgan fingerprint density at radius 3 is 3.00 bits per heavy atom. The van der Waals surface area contributed by atoms with Crippen LogP contribution >= 0.6 is 22.9 Å². The van der Waals surface area contributed by atoms with Crippen molar-refractivity contribution < 1.29 is 5.21 Å². The van der Waals surface area contributed by atoms with E-state index >= 15 is 0 Å². The zero-order valence-corrected chi connectivity index (χ0v) is 13.2. The molecule has 1 unspecified atom stereocenters. The average Bonchev–Trinajstić information content (AvgIpc) is 2.96. The molecule has 2 aromatic rings. The molecule has 0 fully saturated rings. The van der Waals surface area contributed by atoms with Crippen LogP contribution in [0, 0.1) is 0 Å². The van der Waals surface area contributed by atoms with E-state index in [-0.39, 0.29) is 5.84 Å². The van der Waals surface area contributed by atoms with Crippen molar-refractivity contribution in [3.8, 4) is 0 Å². The first-order chi connectivity index (χ1) is 10.1. The van der Waals surface area contributed by atoms with Crippen molar-refractivity contribution in [1.29, 1.82) is 0 Å². The average molecular weight is 322 g/mol. The summed E-state index contributed by atoms with van der Waals surface area (Å²) < 4.78 is 0. The summed E-state index contributed by atoms with van der Waals surface area (Å²) in [6.07, 6.45) is 1.05. The van der Waals surface area contributed by atoms with Crippen molar-refractivity contribution in [2.75, 3.05) is 11.4 Å². The van der Waals surface area contributed by atoms with Crippen molar-refractivity contribution in [3.63, 3.8) is 0 Å². The fraction of sp³-hybridized carbons (Fsp3) is 0.267. The second-order valence-corrected chi connectivity index (χ2v) is 6.48. The van der Waals surface area contributed by atoms with Crippen LogP contribution < -0.4 is 10.6 Å². The predicted octanol–water partition coefficient (Wildman–Crippen LogP) is 3.62. The molecule has 0 spiro atoms. The number of rotatable bonds is 2. The Hall–Kier alpha value is -1.72. The minimum absolute atomic E-state index is 0.0263. The second-order valence-electron chi connectivity index (χ2n) is 5.07. The number of nitrogens with two attached hydrogens (primary N) is 1. The molecule has 0 aliphatic carbocycles. The molecule has 6 heteroatoms. The van der Waals surface area contributed by atoms with E-state index in [1.807, 2.05) is 23.5 Å². The standard InChI is InChI=1S/C15H16ClN3OS/c1-9-11-5-7-21-14(11)4-6-19(9)10-2-3-12(13(16)8-10)15(17)18-20/h2-3,5,7-9,20H,4,6H2,1H3,(H2,17,18). The first-order valence-corrected chi connectivity index (χ1v) is 7.98. The highest BCUT2D eigenvalue weighted by Gasteiger charge is 2.25. The fourth-order valence-electron chi connectivity index (χ4n) is 2.81. The number of benzene rings is 1. The molecule has 0 amide bonds. The number of halogens is 1. The van der Waals surface area contributed by atoms with Gasteiger partial charge in [-0.2, -0.15) is 0 Å². The normalized spacial score (nSPS) is 18.7. The van der Waals surface area contributed by atoms with Gasteiger partial charge >= 0.3 is 0 Å². The van der Waals surface area contributed by atoms with Crippen LogP contribution in [0.1, 0.15) is 29.0 Å². The van der Waals surface area contributed by atoms with E-state index in [2.05, 4.69) is 28.4 Å². The summed E-state index contributed by atoms with van der Waals surface area (Å²) in [5.74, 6) is 0.0263. The highest BCUT2D eigenvalue weighted by Crippen LogP contribution is 2.37. The van der Waals surface area contributed by atoms with E-state index < -0.39 is 0 Å². The van der Waals surface area contributed by atoms with Gasteiger partial charge in [0.05, 0.1) is 11.1 Å². The van der Waals surface area contributed by atoms with E-state index in [9.17, 15) is 0 Å². The lowest BCUT2D eigenvalue weighted by Gasteiger charge is -2.35. The molecule has 1 atom stereocenters. The Bertz CT molecular complexity index is 698. The summed E-state index contributed by atoms with van der Waals surface area (Å²) in [7, 11) is 0. The van der Waals surface area contributed by atoms with Crippen molar-refractivity contribution in [2.45, 2.75) is 19.4 Å². The van der Waals surface area contributed by atoms with E-state index in [0.29, 0.717) is 16.6 Å². The van der Waals surface area contributed by atoms with Crippen molar-refractivity contribution in [2.24, 2.45) is 10.9 Å². The van der Waals surface area contributed by atoms with Crippen LogP contribution in [0.15, 0.2) is 34.8 Å². The highest BCUT2D eigenvalue weighted by atomic mass is 35.5. The van der Waals surface area contributed by atoms with Gasteiger partial charge in [-0.3, -0.25) is 0 Å². The lowest BCUT2D eigenvalue weighted by Crippen LogP contribution is -2.33. The molecule has 0 bridgehead atoms. The molecule has 0 radical (unpaired) electrons. The minimum atomic E-state index is 0.0263. The van der Waals surface area contributed by atoms with Crippen LogP contribution in [0.25, 0.3) is 0 Å². The van der Waals surface area contributed by atoms with Crippen molar-refractivity contribution in [1.82, 2.24) is 0 Å². The summed E-state index contributed by atoms with van der Waals surface area (Å²) >= 11 is 8.08. The molecule has 2 heterocycles. The Labute approximate surface area is 132 Å². The van der Waals surface area contributed by atoms with Crippen LogP contribution in [0.5, 0.6) is 0 Å². The lowest BCUT2D eigenvalue weighted by atomic mass is 10.0. The van der Waals surface area contributed by atoms with Gasteiger partial charge in [-0.15, -0.1) is 11.3 Å². The van der Waals surface area contributed by atoms with E-state index in [4.69, 9.17) is 22.5 Å². The Balaban J connectivity index is 1.94. The third kappa shape index (κ3) is 2.47. The first-order valence-electron chi connectivity index (χ1n) is 6.72. The third-order valence-electron chi connectivity index (χ3n) is 3.95. The van der Waals surface area contributed by atoms with Crippen molar-refractivity contribution >= 4 is 34.5 Å². The third-order valence-corrected chi connectivity index (χ3v) is 5.25. The maximum Gasteiger partial charge on any atom is 0.171 e. The quantitative estimate of drug-likeness (QED) is 0.384. The summed E-state index contributed by atoms with van der Waals surface area (Å²) in [6.45, 7) is 3.17. The molecular formula is C15H16ClN3OS. The summed E-state index contributed by atoms with van der Waals surface area (Å²) in [6, 6.07) is 8.16. The second kappa shape index (κ2) is 5.58. The maximum absolute atomic E-state index is 8.75. The van der Waals surface area contributed by atoms with E-state index in [0.717, 1.165) is 18.7 Å². The molecule has 1 aromatic carbocycles. The van der Waals surface area contributed by atoms with Gasteiger partial charge in [-0.1, -0.05) is 16.8 Å². The van der Waals surface area contributed by atoms with E-state index in [1.165, 1.54) is 10.4 Å². The molecule has 0 saturated heterocycles. The molecule has 21 heavy (non-hydrogen) atoms. The Morgan fingerprint density at radius 2 is 2.29 bits per heavy atom. The molecule has 0 saturated carbocycles. The first kappa shape index (κ1) is 14.2. The molecular weight excluding hydrogens is 306 g/mol. The van der Waals surface area contributed by atoms with Gasteiger partial charge in [0.25, 0.3) is 0 Å². The molecule has 1 aromatic heterocycles. The zero-order valence-electron chi connectivity index (χ0n) is 11.6. The number of thiophene rings is 1. The van der Waals surface area contributed by atoms with Gasteiger partial charge in [0, 0.05) is 22.7 Å². The van der Waals surface area contributed by atoms with Crippen LogP contribution in [-0.4, -0.2) is 17.6 Å². The summed E-state index contributed by atoms with van der Waals surface area (Å²) in [5, 5.41) is 14.4. The van der Waals surface area contributed by atoms with Crippen LogP contribution in [-0.2, 0) is 6.42 Å². The van der Waals surface area contributed by atoms with E-state index in [1.54, 1.807) is 6.07 Å². The van der Waals surface area contributed by atoms with Gasteiger partial charge in [0.2, 0.25) is 0 Å². The molecule has 1 aliphatic rings. The van der Waals surface area contributed by atoms with Crippen LogP contribution in [0.4, 0.5) is 5.69 Å². The Kier molecular flexibility index (Phi) is 3.78. The monoisotopic (exact) mass is 321 g/mol. The lowest BCUT2D eigenvalue weighted by molar-refractivity contribution is 0.318. The minimum Gasteiger partial charge on any atom is -0.409 e. The van der Waals surface area contributed by atoms with Gasteiger partial charge < -0.3 is 15.8 Å². The molecule has 1 aliphatic heterocycles. The number of amidine groups is 1.